The molecule has 5 heteroatoms. The normalized spacial score (nSPS) is 12.3. The Hall–Kier alpha value is -2.01. The van der Waals surface area contributed by atoms with E-state index in [1.54, 1.807) is 6.92 Å². The van der Waals surface area contributed by atoms with Crippen molar-refractivity contribution < 1.29 is 9.90 Å². The monoisotopic (exact) mass is 275 g/mol. The number of hydrogen-bond donors (Lipinski definition) is 4. The minimum absolute atomic E-state index is 0.0528. The molecule has 108 valence electrons. The number of aromatic amines is 1. The van der Waals surface area contributed by atoms with E-state index in [-0.39, 0.29) is 18.7 Å². The average Bonchev–Trinajstić information content (AvgIpc) is 2.87. The summed E-state index contributed by atoms with van der Waals surface area (Å²) in [5.74, 6) is 0. The molecular formula is C15H21N3O2. The Balaban J connectivity index is 1.75. The molecule has 0 fully saturated rings. The molecule has 2 rings (SSSR count). The highest BCUT2D eigenvalue weighted by Gasteiger charge is 2.05. The minimum Gasteiger partial charge on any atom is -0.394 e. The molecule has 2 aromatic rings. The Morgan fingerprint density at radius 3 is 3.00 bits per heavy atom. The number of benzene rings is 1. The van der Waals surface area contributed by atoms with Gasteiger partial charge >= 0.3 is 6.03 Å². The molecule has 0 spiro atoms. The summed E-state index contributed by atoms with van der Waals surface area (Å²) in [6.07, 6.45) is 3.82. The van der Waals surface area contributed by atoms with E-state index in [2.05, 4.69) is 27.8 Å². The van der Waals surface area contributed by atoms with Crippen molar-refractivity contribution >= 4 is 16.9 Å². The number of rotatable bonds is 6. The van der Waals surface area contributed by atoms with Crippen LogP contribution < -0.4 is 10.6 Å². The molecule has 1 atom stereocenters. The van der Waals surface area contributed by atoms with Gasteiger partial charge in [0.25, 0.3) is 0 Å². The fourth-order valence-electron chi connectivity index (χ4n) is 2.14. The molecule has 1 aromatic carbocycles. The van der Waals surface area contributed by atoms with E-state index in [9.17, 15) is 4.79 Å². The first-order valence-corrected chi connectivity index (χ1v) is 6.91. The predicted octanol–water partition coefficient (Wildman–Crippen LogP) is 1.78. The number of carbonyl (C=O) groups is 1. The molecule has 0 radical (unpaired) electrons. The van der Waals surface area contributed by atoms with E-state index in [0.717, 1.165) is 18.4 Å². The smallest absolute Gasteiger partial charge is 0.315 e. The molecule has 0 bridgehead atoms. The van der Waals surface area contributed by atoms with Crippen LogP contribution in [0.1, 0.15) is 18.9 Å². The van der Waals surface area contributed by atoms with Gasteiger partial charge in [-0.25, -0.2) is 4.79 Å². The van der Waals surface area contributed by atoms with Crippen molar-refractivity contribution in [2.45, 2.75) is 25.8 Å². The van der Waals surface area contributed by atoms with Gasteiger partial charge in [0.05, 0.1) is 12.6 Å². The Morgan fingerprint density at radius 2 is 2.20 bits per heavy atom. The number of aliphatic hydroxyl groups is 1. The lowest BCUT2D eigenvalue weighted by Crippen LogP contribution is -2.42. The number of fused-ring (bicyclic) bond motifs is 1. The minimum atomic E-state index is -0.231. The molecule has 0 saturated carbocycles. The third kappa shape index (κ3) is 3.74. The Kier molecular flexibility index (Phi) is 5.01. The Labute approximate surface area is 118 Å². The fourth-order valence-corrected chi connectivity index (χ4v) is 2.14. The molecule has 5 nitrogen and oxygen atoms in total. The molecule has 0 aliphatic heterocycles. The number of hydrogen-bond acceptors (Lipinski definition) is 2. The van der Waals surface area contributed by atoms with E-state index in [1.165, 1.54) is 10.9 Å². The first-order chi connectivity index (χ1) is 9.70. The van der Waals surface area contributed by atoms with Crippen LogP contribution in [0.15, 0.2) is 30.5 Å². The highest BCUT2D eigenvalue weighted by atomic mass is 16.3. The lowest BCUT2D eigenvalue weighted by atomic mass is 10.1. The maximum atomic E-state index is 11.4. The van der Waals surface area contributed by atoms with Gasteiger partial charge in [-0.05, 0) is 31.4 Å². The summed E-state index contributed by atoms with van der Waals surface area (Å²) in [5.41, 5.74) is 2.41. The molecular weight excluding hydrogens is 254 g/mol. The summed E-state index contributed by atoms with van der Waals surface area (Å²) < 4.78 is 0. The van der Waals surface area contributed by atoms with Gasteiger partial charge in [-0.2, -0.15) is 0 Å². The zero-order valence-corrected chi connectivity index (χ0v) is 11.6. The molecule has 1 unspecified atom stereocenters. The molecule has 20 heavy (non-hydrogen) atoms. The quantitative estimate of drug-likeness (QED) is 0.606. The van der Waals surface area contributed by atoms with Crippen molar-refractivity contribution in [2.75, 3.05) is 13.2 Å². The molecule has 4 N–H and O–H groups in total. The van der Waals surface area contributed by atoms with E-state index in [4.69, 9.17) is 5.11 Å². The van der Waals surface area contributed by atoms with Crippen molar-refractivity contribution in [1.82, 2.24) is 15.6 Å². The molecule has 1 heterocycles. The first-order valence-electron chi connectivity index (χ1n) is 6.91. The molecule has 0 saturated heterocycles. The molecule has 2 amide bonds. The van der Waals surface area contributed by atoms with Gasteiger partial charge in [0, 0.05) is 23.6 Å². The lowest BCUT2D eigenvalue weighted by molar-refractivity contribution is 0.220. The SMILES string of the molecule is CC(CO)NC(=O)NCCCc1c[nH]c2ccccc12. The summed E-state index contributed by atoms with van der Waals surface area (Å²) in [6, 6.07) is 7.75. The van der Waals surface area contributed by atoms with Crippen LogP contribution >= 0.6 is 0 Å². The number of para-hydroxylation sites is 1. The number of carbonyl (C=O) groups excluding carboxylic acids is 1. The van der Waals surface area contributed by atoms with Crippen LogP contribution in [0.2, 0.25) is 0 Å². The Morgan fingerprint density at radius 1 is 1.40 bits per heavy atom. The topological polar surface area (TPSA) is 77.2 Å². The van der Waals surface area contributed by atoms with E-state index >= 15 is 0 Å². The van der Waals surface area contributed by atoms with Gasteiger partial charge in [-0.3, -0.25) is 0 Å². The number of H-pyrrole nitrogens is 1. The Bertz CT molecular complexity index is 565. The number of aliphatic hydroxyl groups excluding tert-OH is 1. The van der Waals surface area contributed by atoms with Gasteiger partial charge in [0.2, 0.25) is 0 Å². The van der Waals surface area contributed by atoms with Crippen LogP contribution in [0, 0.1) is 0 Å². The van der Waals surface area contributed by atoms with Crippen molar-refractivity contribution in [3.63, 3.8) is 0 Å². The summed E-state index contributed by atoms with van der Waals surface area (Å²) in [6.45, 7) is 2.32. The second-order valence-electron chi connectivity index (χ2n) is 4.95. The van der Waals surface area contributed by atoms with E-state index in [1.807, 2.05) is 18.3 Å². The summed E-state index contributed by atoms with van der Waals surface area (Å²) in [4.78, 5) is 14.7. The van der Waals surface area contributed by atoms with Gasteiger partial charge in [0.15, 0.2) is 0 Å². The van der Waals surface area contributed by atoms with Gasteiger partial charge in [-0.15, -0.1) is 0 Å². The van der Waals surface area contributed by atoms with Gasteiger partial charge in [0.1, 0.15) is 0 Å². The van der Waals surface area contributed by atoms with Crippen LogP contribution in [-0.2, 0) is 6.42 Å². The largest absolute Gasteiger partial charge is 0.394 e. The van der Waals surface area contributed by atoms with Gasteiger partial charge in [-0.1, -0.05) is 18.2 Å². The standard InChI is InChI=1S/C15H21N3O2/c1-11(10-19)18-15(20)16-8-4-5-12-9-17-14-7-3-2-6-13(12)14/h2-3,6-7,9,11,17,19H,4-5,8,10H2,1H3,(H2,16,18,20). The van der Waals surface area contributed by atoms with Crippen LogP contribution in [0.4, 0.5) is 4.79 Å². The lowest BCUT2D eigenvalue weighted by Gasteiger charge is -2.11. The van der Waals surface area contributed by atoms with E-state index in [0.29, 0.717) is 6.54 Å². The fraction of sp³-hybridized carbons (Fsp3) is 0.400. The van der Waals surface area contributed by atoms with Crippen molar-refractivity contribution in [3.8, 4) is 0 Å². The average molecular weight is 275 g/mol. The maximum absolute atomic E-state index is 11.4. The highest BCUT2D eigenvalue weighted by Crippen LogP contribution is 2.18. The number of nitrogens with one attached hydrogen (secondary N) is 3. The third-order valence-corrected chi connectivity index (χ3v) is 3.23. The highest BCUT2D eigenvalue weighted by molar-refractivity contribution is 5.83. The van der Waals surface area contributed by atoms with Crippen molar-refractivity contribution in [2.24, 2.45) is 0 Å². The zero-order chi connectivity index (χ0) is 14.4. The van der Waals surface area contributed by atoms with Crippen LogP contribution in [-0.4, -0.2) is 35.3 Å². The molecule has 0 aliphatic rings. The second kappa shape index (κ2) is 6.96. The molecule has 1 aromatic heterocycles. The van der Waals surface area contributed by atoms with Crippen LogP contribution in [0.5, 0.6) is 0 Å². The number of aromatic nitrogens is 1. The van der Waals surface area contributed by atoms with Crippen LogP contribution in [0.25, 0.3) is 10.9 Å². The second-order valence-corrected chi connectivity index (χ2v) is 4.95. The number of amides is 2. The van der Waals surface area contributed by atoms with Gasteiger partial charge < -0.3 is 20.7 Å². The first kappa shape index (κ1) is 14.4. The molecule has 0 aliphatic carbocycles. The number of urea groups is 1. The summed E-state index contributed by atoms with van der Waals surface area (Å²) in [7, 11) is 0. The van der Waals surface area contributed by atoms with Crippen LogP contribution in [0.3, 0.4) is 0 Å². The predicted molar refractivity (Wildman–Crippen MR) is 79.7 cm³/mol. The number of aryl methyl sites for hydroxylation is 1. The third-order valence-electron chi connectivity index (χ3n) is 3.23. The summed E-state index contributed by atoms with van der Waals surface area (Å²) >= 11 is 0. The maximum Gasteiger partial charge on any atom is 0.315 e. The van der Waals surface area contributed by atoms with Crippen molar-refractivity contribution in [3.05, 3.63) is 36.0 Å². The summed E-state index contributed by atoms with van der Waals surface area (Å²) in [5, 5.41) is 15.5. The zero-order valence-electron chi connectivity index (χ0n) is 11.6. The van der Waals surface area contributed by atoms with E-state index < -0.39 is 0 Å². The van der Waals surface area contributed by atoms with Crippen molar-refractivity contribution in [1.29, 1.82) is 0 Å².